The summed E-state index contributed by atoms with van der Waals surface area (Å²) >= 11 is 0. The molecule has 2 aromatic rings. The van der Waals surface area contributed by atoms with Gasteiger partial charge in [0.1, 0.15) is 11.9 Å². The van der Waals surface area contributed by atoms with Crippen molar-refractivity contribution in [1.29, 1.82) is 0 Å². The summed E-state index contributed by atoms with van der Waals surface area (Å²) in [6, 6.07) is 12.1. The molecule has 1 aliphatic heterocycles. The summed E-state index contributed by atoms with van der Waals surface area (Å²) < 4.78 is 19.3. The Hall–Kier alpha value is -1.94. The van der Waals surface area contributed by atoms with Crippen LogP contribution in [-0.4, -0.2) is 35.1 Å². The molecule has 2 aliphatic rings. The Kier molecular flexibility index (Phi) is 4.71. The van der Waals surface area contributed by atoms with Crippen molar-refractivity contribution < 1.29 is 9.13 Å². The second-order valence-electron chi connectivity index (χ2n) is 7.23. The Morgan fingerprint density at radius 1 is 1.00 bits per heavy atom. The van der Waals surface area contributed by atoms with Gasteiger partial charge in [0.15, 0.2) is 0 Å². The molecule has 4 rings (SSSR count). The number of piperidine rings is 1. The number of pyridine rings is 1. The molecule has 1 saturated carbocycles. The van der Waals surface area contributed by atoms with Crippen LogP contribution < -0.4 is 4.74 Å². The van der Waals surface area contributed by atoms with Crippen LogP contribution in [0.3, 0.4) is 0 Å². The minimum absolute atomic E-state index is 0.316. The quantitative estimate of drug-likeness (QED) is 0.761. The number of hydrogen-bond donors (Lipinski definition) is 0. The van der Waals surface area contributed by atoms with E-state index >= 15 is 0 Å². The number of ether oxygens (including phenoxy) is 1. The van der Waals surface area contributed by atoms with Gasteiger partial charge >= 0.3 is 0 Å². The molecule has 4 heteroatoms. The molecule has 3 nitrogen and oxygen atoms in total. The van der Waals surface area contributed by atoms with Crippen LogP contribution in [0.1, 0.15) is 37.8 Å². The lowest BCUT2D eigenvalue weighted by Crippen LogP contribution is -2.46. The van der Waals surface area contributed by atoms with Gasteiger partial charge in [0.05, 0.1) is 0 Å². The molecule has 0 bridgehead atoms. The Balaban J connectivity index is 1.36. The predicted molar refractivity (Wildman–Crippen MR) is 97.2 cm³/mol. The average molecular weight is 340 g/mol. The maximum atomic E-state index is 13.2. The van der Waals surface area contributed by atoms with Gasteiger partial charge in [-0.3, -0.25) is 0 Å². The molecule has 2 heterocycles. The van der Waals surface area contributed by atoms with Gasteiger partial charge in [0.25, 0.3) is 0 Å². The summed E-state index contributed by atoms with van der Waals surface area (Å²) in [5.74, 6) is 0.480. The highest BCUT2D eigenvalue weighted by molar-refractivity contribution is 5.66. The first kappa shape index (κ1) is 16.5. The number of benzene rings is 1. The smallest absolute Gasteiger partial charge is 0.213 e. The van der Waals surface area contributed by atoms with Gasteiger partial charge in [0.2, 0.25) is 5.95 Å². The third-order valence-electron chi connectivity index (χ3n) is 5.59. The van der Waals surface area contributed by atoms with Gasteiger partial charge in [-0.2, -0.15) is 4.39 Å². The number of nitrogens with zero attached hydrogens (tertiary/aromatic N) is 2. The molecule has 0 atom stereocenters. The normalized spacial score (nSPS) is 19.6. The Labute approximate surface area is 148 Å². The lowest BCUT2D eigenvalue weighted by Gasteiger charge is -2.41. The number of halogens is 1. The third kappa shape index (κ3) is 3.69. The summed E-state index contributed by atoms with van der Waals surface area (Å²) in [6.07, 6.45) is 6.70. The van der Waals surface area contributed by atoms with Crippen LogP contribution in [-0.2, 0) is 0 Å². The maximum absolute atomic E-state index is 13.2. The first-order valence-electron chi connectivity index (χ1n) is 9.33. The topological polar surface area (TPSA) is 25.4 Å². The monoisotopic (exact) mass is 340 g/mol. The van der Waals surface area contributed by atoms with Gasteiger partial charge in [-0.25, -0.2) is 4.98 Å². The molecule has 1 aromatic carbocycles. The minimum Gasteiger partial charge on any atom is -0.490 e. The fourth-order valence-electron chi connectivity index (χ4n) is 3.85. The van der Waals surface area contributed by atoms with E-state index in [0.29, 0.717) is 11.8 Å². The van der Waals surface area contributed by atoms with Gasteiger partial charge in [0, 0.05) is 30.4 Å². The maximum Gasteiger partial charge on any atom is 0.213 e. The van der Waals surface area contributed by atoms with Gasteiger partial charge < -0.3 is 9.64 Å². The van der Waals surface area contributed by atoms with E-state index in [1.165, 1.54) is 25.3 Å². The van der Waals surface area contributed by atoms with Crippen molar-refractivity contribution in [3.05, 3.63) is 48.0 Å². The molecule has 25 heavy (non-hydrogen) atoms. The number of hydrogen-bond acceptors (Lipinski definition) is 3. The second-order valence-corrected chi connectivity index (χ2v) is 7.23. The highest BCUT2D eigenvalue weighted by Crippen LogP contribution is 2.29. The van der Waals surface area contributed by atoms with Gasteiger partial charge in [-0.1, -0.05) is 18.6 Å². The Bertz CT molecular complexity index is 719. The predicted octanol–water partition coefficient (Wildman–Crippen LogP) is 4.59. The summed E-state index contributed by atoms with van der Waals surface area (Å²) in [4.78, 5) is 6.53. The fraction of sp³-hybridized carbons (Fsp3) is 0.476. The Morgan fingerprint density at radius 3 is 2.32 bits per heavy atom. The SMILES string of the molecule is Cc1nc(F)ccc1-c1ccc(OC2CCN(C3CCC3)CC2)cc1. The van der Waals surface area contributed by atoms with Crippen LogP contribution in [0.25, 0.3) is 11.1 Å². The lowest BCUT2D eigenvalue weighted by molar-refractivity contribution is 0.0493. The first-order chi connectivity index (χ1) is 12.2. The van der Waals surface area contributed by atoms with Gasteiger partial charge in [-0.15, -0.1) is 0 Å². The van der Waals surface area contributed by atoms with E-state index in [0.717, 1.165) is 48.8 Å². The summed E-state index contributed by atoms with van der Waals surface area (Å²) in [7, 11) is 0. The fourth-order valence-corrected chi connectivity index (χ4v) is 3.85. The molecule has 1 aromatic heterocycles. The molecule has 0 N–H and O–H groups in total. The van der Waals surface area contributed by atoms with E-state index in [1.807, 2.05) is 31.2 Å². The number of likely N-dealkylation sites (tertiary alicyclic amines) is 1. The van der Waals surface area contributed by atoms with Crippen LogP contribution in [0, 0.1) is 12.9 Å². The zero-order valence-corrected chi connectivity index (χ0v) is 14.7. The summed E-state index contributed by atoms with van der Waals surface area (Å²) in [5, 5.41) is 0. The van der Waals surface area contributed by atoms with Crippen LogP contribution >= 0.6 is 0 Å². The molecule has 1 saturated heterocycles. The second kappa shape index (κ2) is 7.12. The number of rotatable bonds is 4. The molecule has 0 radical (unpaired) electrons. The van der Waals surface area contributed by atoms with E-state index in [-0.39, 0.29) is 0 Å². The molecule has 2 fully saturated rings. The van der Waals surface area contributed by atoms with Crippen molar-refractivity contribution in [1.82, 2.24) is 9.88 Å². The molecular weight excluding hydrogens is 315 g/mol. The van der Waals surface area contributed by atoms with Crippen LogP contribution in [0.2, 0.25) is 0 Å². The standard InChI is InChI=1S/C21H25FN2O/c1-15-20(9-10-21(22)23-15)16-5-7-18(8-6-16)25-19-11-13-24(14-12-19)17-3-2-4-17/h5-10,17,19H,2-4,11-14H2,1H3. The van der Waals surface area contributed by atoms with Crippen molar-refractivity contribution in [2.45, 2.75) is 51.2 Å². The van der Waals surface area contributed by atoms with Crippen molar-refractivity contribution in [3.8, 4) is 16.9 Å². The minimum atomic E-state index is -0.436. The van der Waals surface area contributed by atoms with Crippen LogP contribution in [0.15, 0.2) is 36.4 Å². The van der Waals surface area contributed by atoms with Crippen molar-refractivity contribution in [3.63, 3.8) is 0 Å². The zero-order chi connectivity index (χ0) is 17.2. The number of aryl methyl sites for hydroxylation is 1. The van der Waals surface area contributed by atoms with E-state index in [9.17, 15) is 4.39 Å². The van der Waals surface area contributed by atoms with Crippen molar-refractivity contribution in [2.75, 3.05) is 13.1 Å². The zero-order valence-electron chi connectivity index (χ0n) is 14.7. The van der Waals surface area contributed by atoms with Crippen molar-refractivity contribution in [2.24, 2.45) is 0 Å². The van der Waals surface area contributed by atoms with E-state index < -0.39 is 5.95 Å². The first-order valence-corrected chi connectivity index (χ1v) is 9.33. The summed E-state index contributed by atoms with van der Waals surface area (Å²) in [6.45, 7) is 4.15. The largest absolute Gasteiger partial charge is 0.490 e. The molecule has 1 aliphatic carbocycles. The molecular formula is C21H25FN2O. The Morgan fingerprint density at radius 2 is 1.72 bits per heavy atom. The summed E-state index contributed by atoms with van der Waals surface area (Å²) in [5.41, 5.74) is 2.70. The van der Waals surface area contributed by atoms with Crippen LogP contribution in [0.4, 0.5) is 4.39 Å². The van der Waals surface area contributed by atoms with E-state index in [4.69, 9.17) is 4.74 Å². The lowest BCUT2D eigenvalue weighted by atomic mass is 9.90. The highest BCUT2D eigenvalue weighted by Gasteiger charge is 2.29. The van der Waals surface area contributed by atoms with Crippen LogP contribution in [0.5, 0.6) is 5.75 Å². The van der Waals surface area contributed by atoms with Crippen molar-refractivity contribution >= 4 is 0 Å². The molecule has 132 valence electrons. The average Bonchev–Trinajstić information content (AvgIpc) is 2.56. The van der Waals surface area contributed by atoms with E-state index in [1.54, 1.807) is 6.07 Å². The van der Waals surface area contributed by atoms with Gasteiger partial charge in [-0.05, 0) is 62.4 Å². The van der Waals surface area contributed by atoms with E-state index in [2.05, 4.69) is 9.88 Å². The number of aromatic nitrogens is 1. The molecule has 0 spiro atoms. The third-order valence-corrected chi connectivity index (χ3v) is 5.59. The molecule has 0 unspecified atom stereocenters. The highest BCUT2D eigenvalue weighted by atomic mass is 19.1. The molecule has 0 amide bonds.